The molecule has 12 heteroatoms. The Hall–Kier alpha value is -2.86. The highest BCUT2D eigenvalue weighted by atomic mass is 32.2. The SMILES string of the molecule is CC(C)(O)c1cc(N)c(C=[NH+]CCS(C)(=O)=O)cc1NC(=O)C1=CC=CC(C(F)(F)F)N1. The van der Waals surface area contributed by atoms with E-state index in [9.17, 15) is 31.5 Å². The average Bonchev–Trinajstić information content (AvgIpc) is 2.65. The zero-order valence-corrected chi connectivity index (χ0v) is 18.6. The molecule has 1 heterocycles. The van der Waals surface area contributed by atoms with E-state index in [-0.39, 0.29) is 34.9 Å². The summed E-state index contributed by atoms with van der Waals surface area (Å²) in [6.07, 6.45) is 1.20. The lowest BCUT2D eigenvalue weighted by molar-refractivity contribution is -0.445. The van der Waals surface area contributed by atoms with Gasteiger partial charge in [-0.05, 0) is 32.1 Å². The number of rotatable bonds is 7. The minimum absolute atomic E-state index is 0.109. The van der Waals surface area contributed by atoms with Crippen molar-refractivity contribution in [3.05, 3.63) is 47.2 Å². The smallest absolute Gasteiger partial charge is 0.398 e. The van der Waals surface area contributed by atoms with Crippen LogP contribution in [0.5, 0.6) is 0 Å². The second kappa shape index (κ2) is 9.33. The number of benzene rings is 1. The highest BCUT2D eigenvalue weighted by Gasteiger charge is 2.39. The van der Waals surface area contributed by atoms with Gasteiger partial charge in [-0.15, -0.1) is 0 Å². The molecule has 0 saturated carbocycles. The number of nitrogens with two attached hydrogens (primary N) is 1. The Morgan fingerprint density at radius 1 is 1.34 bits per heavy atom. The molecule has 0 aliphatic carbocycles. The van der Waals surface area contributed by atoms with Crippen LogP contribution in [-0.2, 0) is 20.2 Å². The van der Waals surface area contributed by atoms with E-state index in [4.69, 9.17) is 5.73 Å². The zero-order chi connectivity index (χ0) is 24.3. The molecule has 1 aromatic rings. The van der Waals surface area contributed by atoms with Crippen LogP contribution < -0.4 is 21.4 Å². The minimum atomic E-state index is -4.57. The molecule has 1 atom stereocenters. The number of carbonyl (C=O) groups excluding carboxylic acids is 1. The van der Waals surface area contributed by atoms with E-state index in [0.717, 1.165) is 18.4 Å². The normalized spacial score (nSPS) is 17.2. The fraction of sp³-hybridized carbons (Fsp3) is 0.400. The number of anilines is 2. The zero-order valence-electron chi connectivity index (χ0n) is 17.7. The molecule has 6 N–H and O–H groups in total. The van der Waals surface area contributed by atoms with Crippen molar-refractivity contribution in [3.63, 3.8) is 0 Å². The molecular formula is C20H26F3N4O4S+. The summed E-state index contributed by atoms with van der Waals surface area (Å²) in [5.74, 6) is -0.947. The quantitative estimate of drug-likeness (QED) is 0.277. The number of allylic oxidation sites excluding steroid dienone is 2. The highest BCUT2D eigenvalue weighted by molar-refractivity contribution is 7.90. The number of dihydropyridines is 1. The van der Waals surface area contributed by atoms with Gasteiger partial charge in [-0.2, -0.15) is 13.2 Å². The van der Waals surface area contributed by atoms with Gasteiger partial charge in [0.15, 0.2) is 22.6 Å². The van der Waals surface area contributed by atoms with Gasteiger partial charge in [-0.25, -0.2) is 13.4 Å². The van der Waals surface area contributed by atoms with Crippen LogP contribution in [0.1, 0.15) is 25.0 Å². The van der Waals surface area contributed by atoms with E-state index < -0.39 is 33.6 Å². The third-order valence-corrected chi connectivity index (χ3v) is 5.43. The summed E-state index contributed by atoms with van der Waals surface area (Å²) in [5, 5.41) is 15.1. The molecule has 32 heavy (non-hydrogen) atoms. The van der Waals surface area contributed by atoms with Crippen molar-refractivity contribution in [2.45, 2.75) is 31.7 Å². The van der Waals surface area contributed by atoms with Crippen LogP contribution in [0.4, 0.5) is 24.5 Å². The van der Waals surface area contributed by atoms with E-state index in [1.54, 1.807) is 0 Å². The number of nitrogen functional groups attached to an aromatic ring is 1. The molecule has 1 unspecified atom stereocenters. The summed E-state index contributed by atoms with van der Waals surface area (Å²) < 4.78 is 61.4. The fourth-order valence-corrected chi connectivity index (χ4v) is 3.33. The maximum atomic E-state index is 13.0. The summed E-state index contributed by atoms with van der Waals surface area (Å²) in [7, 11) is -3.17. The van der Waals surface area contributed by atoms with Crippen molar-refractivity contribution in [1.82, 2.24) is 5.32 Å². The van der Waals surface area contributed by atoms with Gasteiger partial charge in [0, 0.05) is 23.2 Å². The first-order valence-electron chi connectivity index (χ1n) is 9.52. The topological polar surface area (TPSA) is 135 Å². The maximum Gasteiger partial charge on any atom is 0.412 e. The summed E-state index contributed by atoms with van der Waals surface area (Å²) >= 11 is 0. The summed E-state index contributed by atoms with van der Waals surface area (Å²) in [5.41, 5.74) is 5.30. The second-order valence-electron chi connectivity index (χ2n) is 7.90. The Bertz CT molecular complexity index is 1070. The lowest BCUT2D eigenvalue weighted by atomic mass is 9.94. The number of hydrogen-bond donors (Lipinski definition) is 5. The van der Waals surface area contributed by atoms with Crippen LogP contribution >= 0.6 is 0 Å². The molecule has 2 rings (SSSR count). The van der Waals surface area contributed by atoms with Crippen molar-refractivity contribution >= 4 is 33.3 Å². The van der Waals surface area contributed by atoms with Gasteiger partial charge in [0.2, 0.25) is 0 Å². The largest absolute Gasteiger partial charge is 0.412 e. The summed E-state index contributed by atoms with van der Waals surface area (Å²) in [4.78, 5) is 15.4. The van der Waals surface area contributed by atoms with Gasteiger partial charge in [0.25, 0.3) is 5.91 Å². The van der Waals surface area contributed by atoms with Gasteiger partial charge < -0.3 is 21.5 Å². The number of alkyl halides is 3. The number of aliphatic hydroxyl groups is 1. The fourth-order valence-electron chi connectivity index (χ4n) is 2.84. The lowest BCUT2D eigenvalue weighted by Gasteiger charge is -2.25. The molecular weight excluding hydrogens is 449 g/mol. The lowest BCUT2D eigenvalue weighted by Crippen LogP contribution is -2.70. The van der Waals surface area contributed by atoms with Gasteiger partial charge in [0.05, 0.1) is 11.2 Å². The molecule has 0 bridgehead atoms. The van der Waals surface area contributed by atoms with Crippen molar-refractivity contribution < 1.29 is 36.5 Å². The molecule has 176 valence electrons. The maximum absolute atomic E-state index is 13.0. The first-order valence-corrected chi connectivity index (χ1v) is 11.6. The highest BCUT2D eigenvalue weighted by Crippen LogP contribution is 2.32. The van der Waals surface area contributed by atoms with Crippen LogP contribution in [0.3, 0.4) is 0 Å². The number of halogens is 3. The molecule has 0 saturated heterocycles. The predicted molar refractivity (Wildman–Crippen MR) is 116 cm³/mol. The molecule has 1 aliphatic rings. The van der Waals surface area contributed by atoms with Crippen molar-refractivity contribution in [3.8, 4) is 0 Å². The van der Waals surface area contributed by atoms with E-state index >= 15 is 0 Å². The first-order chi connectivity index (χ1) is 14.6. The third-order valence-electron chi connectivity index (χ3n) is 4.48. The number of amides is 1. The molecule has 1 aliphatic heterocycles. The number of sulfone groups is 1. The molecule has 0 aromatic heterocycles. The molecule has 8 nitrogen and oxygen atoms in total. The number of hydrogen-bond acceptors (Lipinski definition) is 6. The molecule has 0 spiro atoms. The van der Waals surface area contributed by atoms with Crippen molar-refractivity contribution in [2.75, 3.05) is 29.6 Å². The van der Waals surface area contributed by atoms with Gasteiger partial charge in [0.1, 0.15) is 17.5 Å². The van der Waals surface area contributed by atoms with Crippen LogP contribution in [-0.4, -0.2) is 56.4 Å². The molecule has 0 radical (unpaired) electrons. The first kappa shape index (κ1) is 25.4. The van der Waals surface area contributed by atoms with Gasteiger partial charge in [-0.1, -0.05) is 12.2 Å². The van der Waals surface area contributed by atoms with E-state index in [1.165, 1.54) is 38.3 Å². The Labute approximate surface area is 184 Å². The van der Waals surface area contributed by atoms with Crippen molar-refractivity contribution in [2.24, 2.45) is 0 Å². The standard InChI is InChI=1S/C20H25F3N4O4S/c1-19(2,29)13-10-14(24)12(11-25-7-8-32(3,30)31)9-16(13)27-18(28)15-5-4-6-17(26-15)20(21,22)23/h4-6,9-11,17,26,29H,7-8,24H2,1-3H3,(H,27,28)/p+1. The number of carbonyl (C=O) groups is 1. The summed E-state index contributed by atoms with van der Waals surface area (Å²) in [6, 6.07) is 0.867. The Kier molecular flexibility index (Phi) is 7.40. The monoisotopic (exact) mass is 475 g/mol. The van der Waals surface area contributed by atoms with E-state index in [2.05, 4.69) is 15.6 Å². The summed E-state index contributed by atoms with van der Waals surface area (Å²) in [6.45, 7) is 3.05. The van der Waals surface area contributed by atoms with Crippen LogP contribution in [0.15, 0.2) is 36.1 Å². The van der Waals surface area contributed by atoms with E-state index in [1.807, 2.05) is 0 Å². The molecule has 1 aromatic carbocycles. The Balaban J connectivity index is 2.32. The number of nitrogens with one attached hydrogen (secondary N) is 3. The van der Waals surface area contributed by atoms with Crippen LogP contribution in [0, 0.1) is 0 Å². The minimum Gasteiger partial charge on any atom is -0.398 e. The third kappa shape index (κ3) is 7.09. The van der Waals surface area contributed by atoms with E-state index in [0.29, 0.717) is 5.56 Å². The predicted octanol–water partition coefficient (Wildman–Crippen LogP) is -0.0470. The van der Waals surface area contributed by atoms with Crippen LogP contribution in [0.2, 0.25) is 0 Å². The van der Waals surface area contributed by atoms with Crippen molar-refractivity contribution in [1.29, 1.82) is 0 Å². The molecule has 1 amide bonds. The van der Waals surface area contributed by atoms with Gasteiger partial charge in [-0.3, -0.25) is 4.79 Å². The second-order valence-corrected chi connectivity index (χ2v) is 10.2. The Morgan fingerprint density at radius 2 is 2.00 bits per heavy atom. The average molecular weight is 476 g/mol. The molecule has 0 fully saturated rings. The Morgan fingerprint density at radius 3 is 2.56 bits per heavy atom. The van der Waals surface area contributed by atoms with Gasteiger partial charge >= 0.3 is 6.18 Å². The van der Waals surface area contributed by atoms with Crippen LogP contribution in [0.25, 0.3) is 0 Å².